The Kier molecular flexibility index (Phi) is 7.28. The summed E-state index contributed by atoms with van der Waals surface area (Å²) in [6.07, 6.45) is 1.44. The predicted octanol–water partition coefficient (Wildman–Crippen LogP) is 1.90. The molecule has 0 aliphatic carbocycles. The fourth-order valence-corrected chi connectivity index (χ4v) is 2.99. The molecule has 1 N–H and O–H groups in total. The minimum atomic E-state index is -0.543. The third-order valence-electron chi connectivity index (χ3n) is 4.73. The number of ether oxygens (including phenoxy) is 2. The molecule has 2 aromatic rings. The average Bonchev–Trinajstić information content (AvgIpc) is 2.78. The molecular formula is C21H22N4O6. The predicted molar refractivity (Wildman–Crippen MR) is 112 cm³/mol. The number of carbonyl (C=O) groups excluding carboxylic acids is 2. The molecule has 0 spiro atoms. The Balaban J connectivity index is 1.51. The lowest BCUT2D eigenvalue weighted by Crippen LogP contribution is -2.42. The van der Waals surface area contributed by atoms with E-state index in [1.165, 1.54) is 31.3 Å². The van der Waals surface area contributed by atoms with Crippen LogP contribution in [0.25, 0.3) is 0 Å². The molecule has 162 valence electrons. The molecule has 10 nitrogen and oxygen atoms in total. The van der Waals surface area contributed by atoms with Gasteiger partial charge in [-0.05, 0) is 42.8 Å². The summed E-state index contributed by atoms with van der Waals surface area (Å²) in [6.45, 7) is 3.68. The molecule has 1 saturated heterocycles. The number of nitrogens with zero attached hydrogens (tertiary/aromatic N) is 3. The summed E-state index contributed by atoms with van der Waals surface area (Å²) in [5, 5.41) is 14.9. The number of nitrogens with one attached hydrogen (secondary N) is 1. The van der Waals surface area contributed by atoms with Crippen molar-refractivity contribution < 1.29 is 24.0 Å². The van der Waals surface area contributed by atoms with Gasteiger partial charge in [0.2, 0.25) is 0 Å². The summed E-state index contributed by atoms with van der Waals surface area (Å²) in [5.41, 5.74) is 3.39. The van der Waals surface area contributed by atoms with Gasteiger partial charge in [0.1, 0.15) is 5.75 Å². The molecule has 3 rings (SSSR count). The number of hydrogen-bond donors (Lipinski definition) is 1. The zero-order valence-electron chi connectivity index (χ0n) is 16.9. The van der Waals surface area contributed by atoms with Gasteiger partial charge in [-0.2, -0.15) is 5.10 Å². The van der Waals surface area contributed by atoms with Crippen LogP contribution in [0.5, 0.6) is 5.75 Å². The molecule has 0 saturated carbocycles. The quantitative estimate of drug-likeness (QED) is 0.410. The van der Waals surface area contributed by atoms with Gasteiger partial charge in [-0.1, -0.05) is 6.07 Å². The first-order chi connectivity index (χ1) is 15.0. The van der Waals surface area contributed by atoms with Crippen molar-refractivity contribution in [2.75, 3.05) is 32.9 Å². The van der Waals surface area contributed by atoms with E-state index in [1.54, 1.807) is 29.2 Å². The molecule has 31 heavy (non-hydrogen) atoms. The highest BCUT2D eigenvalue weighted by Gasteiger charge is 2.18. The number of benzene rings is 2. The normalized spacial score (nSPS) is 13.8. The molecular weight excluding hydrogens is 404 g/mol. The summed E-state index contributed by atoms with van der Waals surface area (Å²) in [7, 11) is 0. The van der Waals surface area contributed by atoms with Crippen LogP contribution in [0.3, 0.4) is 0 Å². The van der Waals surface area contributed by atoms with E-state index in [0.717, 1.165) is 0 Å². The Morgan fingerprint density at radius 3 is 2.61 bits per heavy atom. The summed E-state index contributed by atoms with van der Waals surface area (Å²) in [4.78, 5) is 36.5. The summed E-state index contributed by atoms with van der Waals surface area (Å²) >= 11 is 0. The molecule has 0 bridgehead atoms. The molecule has 1 heterocycles. The van der Waals surface area contributed by atoms with Gasteiger partial charge in [-0.25, -0.2) is 5.43 Å². The maximum absolute atomic E-state index is 12.3. The molecule has 1 fully saturated rings. The molecule has 1 aliphatic rings. The van der Waals surface area contributed by atoms with Gasteiger partial charge in [0, 0.05) is 24.7 Å². The minimum Gasteiger partial charge on any atom is -0.484 e. The van der Waals surface area contributed by atoms with Crippen molar-refractivity contribution >= 4 is 23.7 Å². The fourth-order valence-electron chi connectivity index (χ4n) is 2.99. The maximum atomic E-state index is 12.3. The molecule has 0 radical (unpaired) electrons. The van der Waals surface area contributed by atoms with Crippen molar-refractivity contribution in [2.24, 2.45) is 5.10 Å². The van der Waals surface area contributed by atoms with Crippen LogP contribution in [0.4, 0.5) is 5.69 Å². The summed E-state index contributed by atoms with van der Waals surface area (Å²) in [6, 6.07) is 11.1. The number of hydrogen-bond acceptors (Lipinski definition) is 7. The smallest absolute Gasteiger partial charge is 0.273 e. The van der Waals surface area contributed by atoms with Crippen LogP contribution in [0, 0.1) is 17.0 Å². The van der Waals surface area contributed by atoms with Gasteiger partial charge in [-0.15, -0.1) is 0 Å². The Morgan fingerprint density at radius 1 is 1.23 bits per heavy atom. The van der Waals surface area contributed by atoms with Gasteiger partial charge in [0.15, 0.2) is 6.61 Å². The second-order valence-electron chi connectivity index (χ2n) is 6.76. The average molecular weight is 426 g/mol. The van der Waals surface area contributed by atoms with Gasteiger partial charge in [0.05, 0.1) is 29.9 Å². The van der Waals surface area contributed by atoms with E-state index in [1.807, 2.05) is 0 Å². The summed E-state index contributed by atoms with van der Waals surface area (Å²) < 4.78 is 10.7. The van der Waals surface area contributed by atoms with Crippen molar-refractivity contribution in [3.63, 3.8) is 0 Å². The lowest BCUT2D eigenvalue weighted by Gasteiger charge is -2.26. The molecule has 1 aliphatic heterocycles. The molecule has 2 aromatic carbocycles. The van der Waals surface area contributed by atoms with E-state index in [0.29, 0.717) is 37.6 Å². The van der Waals surface area contributed by atoms with Crippen LogP contribution in [-0.2, 0) is 9.53 Å². The second kappa shape index (κ2) is 10.3. The molecule has 0 aromatic heterocycles. The van der Waals surface area contributed by atoms with Crippen molar-refractivity contribution in [2.45, 2.75) is 6.92 Å². The molecule has 2 amide bonds. The lowest BCUT2D eigenvalue weighted by atomic mass is 10.1. The Labute approximate surface area is 178 Å². The molecule has 0 atom stereocenters. The van der Waals surface area contributed by atoms with Crippen LogP contribution < -0.4 is 10.2 Å². The number of nitro benzene ring substituents is 1. The monoisotopic (exact) mass is 426 g/mol. The van der Waals surface area contributed by atoms with E-state index in [4.69, 9.17) is 9.47 Å². The number of nitro groups is 1. The standard InChI is InChI=1S/C21H22N4O6/c1-15-18(3-2-4-19(15)25(28)29)21(27)23-22-13-16-5-7-17(8-6-16)31-14-20(26)24-9-11-30-12-10-24/h2-8,13H,9-12,14H2,1H3,(H,23,27). The third kappa shape index (κ3) is 5.86. The van der Waals surface area contributed by atoms with Gasteiger partial charge in [0.25, 0.3) is 17.5 Å². The van der Waals surface area contributed by atoms with Crippen LogP contribution in [-0.4, -0.2) is 60.8 Å². The zero-order chi connectivity index (χ0) is 22.2. The van der Waals surface area contributed by atoms with Crippen LogP contribution in [0.2, 0.25) is 0 Å². The first-order valence-corrected chi connectivity index (χ1v) is 9.61. The lowest BCUT2D eigenvalue weighted by molar-refractivity contribution is -0.385. The topological polar surface area (TPSA) is 123 Å². The van der Waals surface area contributed by atoms with Crippen LogP contribution in [0.15, 0.2) is 47.6 Å². The first kappa shape index (κ1) is 21.9. The minimum absolute atomic E-state index is 0.0495. The van der Waals surface area contributed by atoms with Gasteiger partial charge >= 0.3 is 0 Å². The Bertz CT molecular complexity index is 984. The number of rotatable bonds is 7. The van der Waals surface area contributed by atoms with E-state index in [-0.39, 0.29) is 29.3 Å². The Morgan fingerprint density at radius 2 is 1.94 bits per heavy atom. The van der Waals surface area contributed by atoms with E-state index in [2.05, 4.69) is 10.5 Å². The highest BCUT2D eigenvalue weighted by atomic mass is 16.6. The SMILES string of the molecule is Cc1c(C(=O)NN=Cc2ccc(OCC(=O)N3CCOCC3)cc2)cccc1[N+](=O)[O-]. The largest absolute Gasteiger partial charge is 0.484 e. The van der Waals surface area contributed by atoms with Crippen molar-refractivity contribution in [3.05, 3.63) is 69.3 Å². The zero-order valence-corrected chi connectivity index (χ0v) is 16.9. The number of hydrazone groups is 1. The van der Waals surface area contributed by atoms with Crippen molar-refractivity contribution in [1.82, 2.24) is 10.3 Å². The molecule has 10 heteroatoms. The maximum Gasteiger partial charge on any atom is 0.273 e. The first-order valence-electron chi connectivity index (χ1n) is 9.61. The number of carbonyl (C=O) groups is 2. The van der Waals surface area contributed by atoms with Crippen molar-refractivity contribution in [1.29, 1.82) is 0 Å². The van der Waals surface area contributed by atoms with Crippen LogP contribution >= 0.6 is 0 Å². The number of amides is 2. The van der Waals surface area contributed by atoms with E-state index < -0.39 is 10.8 Å². The van der Waals surface area contributed by atoms with Crippen LogP contribution in [0.1, 0.15) is 21.5 Å². The third-order valence-corrected chi connectivity index (χ3v) is 4.73. The number of morpholine rings is 1. The Hall–Kier alpha value is -3.79. The van der Waals surface area contributed by atoms with E-state index in [9.17, 15) is 19.7 Å². The summed E-state index contributed by atoms with van der Waals surface area (Å²) in [5.74, 6) is -0.0952. The second-order valence-corrected chi connectivity index (χ2v) is 6.76. The molecule has 0 unspecified atom stereocenters. The highest BCUT2D eigenvalue weighted by molar-refractivity contribution is 5.97. The van der Waals surface area contributed by atoms with Crippen molar-refractivity contribution in [3.8, 4) is 5.75 Å². The van der Waals surface area contributed by atoms with Gasteiger partial charge < -0.3 is 14.4 Å². The highest BCUT2D eigenvalue weighted by Crippen LogP contribution is 2.20. The van der Waals surface area contributed by atoms with E-state index >= 15 is 0 Å². The fraction of sp³-hybridized carbons (Fsp3) is 0.286. The van der Waals surface area contributed by atoms with Gasteiger partial charge in [-0.3, -0.25) is 19.7 Å².